The summed E-state index contributed by atoms with van der Waals surface area (Å²) in [5.74, 6) is 0. The maximum Gasteiger partial charge on any atom is 0.175 e. The van der Waals surface area contributed by atoms with Gasteiger partial charge in [0.25, 0.3) is 0 Å². The van der Waals surface area contributed by atoms with E-state index in [2.05, 4.69) is 20.5 Å². The molecule has 20 heavy (non-hydrogen) atoms. The third-order valence-electron chi connectivity index (χ3n) is 2.85. The summed E-state index contributed by atoms with van der Waals surface area (Å²) < 4.78 is 0. The van der Waals surface area contributed by atoms with E-state index in [1.165, 1.54) is 0 Å². The zero-order valence-corrected chi connectivity index (χ0v) is 12.1. The van der Waals surface area contributed by atoms with Crippen LogP contribution in [0.5, 0.6) is 0 Å². The Bertz CT molecular complexity index is 789. The van der Waals surface area contributed by atoms with Gasteiger partial charge in [-0.2, -0.15) is 0 Å². The number of hydrogen-bond donors (Lipinski definition) is 1. The fourth-order valence-electron chi connectivity index (χ4n) is 1.93. The normalized spacial score (nSPS) is 10.8. The number of para-hydroxylation sites is 1. The van der Waals surface area contributed by atoms with Gasteiger partial charge < -0.3 is 5.32 Å². The van der Waals surface area contributed by atoms with Crippen molar-refractivity contribution in [3.8, 4) is 0 Å². The molecule has 0 fully saturated rings. The smallest absolute Gasteiger partial charge is 0.175 e. The average Bonchev–Trinajstić information content (AvgIpc) is 2.43. The Kier molecular flexibility index (Phi) is 3.42. The van der Waals surface area contributed by atoms with E-state index in [4.69, 9.17) is 23.2 Å². The highest BCUT2D eigenvalue weighted by molar-refractivity contribution is 6.33. The molecule has 0 aliphatic heterocycles. The van der Waals surface area contributed by atoms with Crippen LogP contribution in [0, 0.1) is 6.92 Å². The second-order valence-corrected chi connectivity index (χ2v) is 5.07. The minimum Gasteiger partial charge on any atom is -0.351 e. The Hall–Kier alpha value is -1.91. The predicted molar refractivity (Wildman–Crippen MR) is 81.8 cm³/mol. The topological polar surface area (TPSA) is 50.7 Å². The van der Waals surface area contributed by atoms with Gasteiger partial charge in [-0.15, -0.1) is 10.2 Å². The Balaban J connectivity index is 2.10. The molecular weight excluding hydrogens is 295 g/mol. The molecule has 0 aliphatic carbocycles. The van der Waals surface area contributed by atoms with E-state index in [1.54, 1.807) is 6.07 Å². The summed E-state index contributed by atoms with van der Waals surface area (Å²) in [6.07, 6.45) is 0. The molecule has 2 aromatic heterocycles. The quantitative estimate of drug-likeness (QED) is 0.763. The van der Waals surface area contributed by atoms with E-state index in [-0.39, 0.29) is 10.3 Å². The van der Waals surface area contributed by atoms with E-state index >= 15 is 0 Å². The van der Waals surface area contributed by atoms with Crippen molar-refractivity contribution in [3.05, 3.63) is 52.4 Å². The molecule has 1 N–H and O–H groups in total. The third-order valence-corrected chi connectivity index (χ3v) is 3.31. The summed E-state index contributed by atoms with van der Waals surface area (Å²) in [4.78, 5) is 4.55. The lowest BCUT2D eigenvalue weighted by atomic mass is 10.1. The molecule has 3 rings (SSSR count). The number of aromatic nitrogens is 3. The molecule has 0 saturated carbocycles. The van der Waals surface area contributed by atoms with Crippen molar-refractivity contribution in [3.63, 3.8) is 0 Å². The van der Waals surface area contributed by atoms with Crippen molar-refractivity contribution in [2.24, 2.45) is 0 Å². The molecule has 2 heterocycles. The first-order chi connectivity index (χ1) is 9.63. The Morgan fingerprint density at radius 1 is 1.00 bits per heavy atom. The van der Waals surface area contributed by atoms with Gasteiger partial charge in [0.2, 0.25) is 0 Å². The van der Waals surface area contributed by atoms with Crippen molar-refractivity contribution < 1.29 is 0 Å². The van der Waals surface area contributed by atoms with Gasteiger partial charge in [-0.25, -0.2) is 0 Å². The maximum absolute atomic E-state index is 6.01. The fraction of sp³-hybridized carbons (Fsp3) is 0.0714. The number of hydrogen-bond acceptors (Lipinski definition) is 4. The van der Waals surface area contributed by atoms with E-state index in [1.807, 2.05) is 37.3 Å². The molecule has 0 saturated heterocycles. The molecule has 100 valence electrons. The zero-order chi connectivity index (χ0) is 14.1. The van der Waals surface area contributed by atoms with E-state index in [0.29, 0.717) is 5.69 Å². The van der Waals surface area contributed by atoms with Gasteiger partial charge in [0.05, 0.1) is 16.9 Å². The van der Waals surface area contributed by atoms with Crippen molar-refractivity contribution in [1.82, 2.24) is 15.2 Å². The van der Waals surface area contributed by atoms with Crippen LogP contribution < -0.4 is 5.32 Å². The number of nitrogens with zero attached hydrogens (tertiary/aromatic N) is 3. The molecular formula is C14H10Cl2N4. The molecule has 0 atom stereocenters. The average molecular weight is 305 g/mol. The van der Waals surface area contributed by atoms with Crippen LogP contribution in [0.1, 0.15) is 5.69 Å². The predicted octanol–water partition coefficient (Wildman–Crippen LogP) is 4.38. The lowest BCUT2D eigenvalue weighted by Crippen LogP contribution is -1.97. The van der Waals surface area contributed by atoms with Gasteiger partial charge in [0, 0.05) is 17.1 Å². The standard InChI is InChI=1S/C14H10Cl2N4/c1-8-5-6-9-3-2-4-10(13(9)17-8)18-11-7-12(15)19-20-14(11)16/h2-7H,1H3,(H,18,19). The second-order valence-electron chi connectivity index (χ2n) is 4.33. The number of fused-ring (bicyclic) bond motifs is 1. The lowest BCUT2D eigenvalue weighted by Gasteiger charge is -2.10. The minimum absolute atomic E-state index is 0.263. The molecule has 0 radical (unpaired) electrons. The molecule has 0 unspecified atom stereocenters. The summed E-state index contributed by atoms with van der Waals surface area (Å²) in [6, 6.07) is 11.5. The molecule has 0 spiro atoms. The number of anilines is 2. The van der Waals surface area contributed by atoms with Crippen LogP contribution >= 0.6 is 23.2 Å². The second kappa shape index (κ2) is 5.23. The maximum atomic E-state index is 6.01. The van der Waals surface area contributed by atoms with Crippen LogP contribution in [0.15, 0.2) is 36.4 Å². The highest BCUT2D eigenvalue weighted by Crippen LogP contribution is 2.29. The van der Waals surface area contributed by atoms with Gasteiger partial charge in [-0.1, -0.05) is 41.4 Å². The molecule has 1 aromatic carbocycles. The first-order valence-corrected chi connectivity index (χ1v) is 6.71. The van der Waals surface area contributed by atoms with E-state index < -0.39 is 0 Å². The Morgan fingerprint density at radius 2 is 1.85 bits per heavy atom. The summed E-state index contributed by atoms with van der Waals surface area (Å²) >= 11 is 11.9. The SMILES string of the molecule is Cc1ccc2cccc(Nc3cc(Cl)nnc3Cl)c2n1. The molecule has 0 bridgehead atoms. The lowest BCUT2D eigenvalue weighted by molar-refractivity contribution is 1.03. The Morgan fingerprint density at radius 3 is 2.70 bits per heavy atom. The van der Waals surface area contributed by atoms with E-state index in [9.17, 15) is 0 Å². The summed E-state index contributed by atoms with van der Waals surface area (Å²) in [5, 5.41) is 12.2. The van der Waals surface area contributed by atoms with Crippen LogP contribution in [-0.2, 0) is 0 Å². The first kappa shape index (κ1) is 13.1. The number of pyridine rings is 1. The number of nitrogens with one attached hydrogen (secondary N) is 1. The fourth-order valence-corrected chi connectivity index (χ4v) is 2.22. The summed E-state index contributed by atoms with van der Waals surface area (Å²) in [7, 11) is 0. The van der Waals surface area contributed by atoms with Gasteiger partial charge in [0.15, 0.2) is 10.3 Å². The molecule has 6 heteroatoms. The summed E-state index contributed by atoms with van der Waals surface area (Å²) in [6.45, 7) is 1.95. The van der Waals surface area contributed by atoms with E-state index in [0.717, 1.165) is 22.3 Å². The molecule has 0 aliphatic rings. The highest BCUT2D eigenvalue weighted by atomic mass is 35.5. The first-order valence-electron chi connectivity index (χ1n) is 5.95. The van der Waals surface area contributed by atoms with Crippen LogP contribution in [0.4, 0.5) is 11.4 Å². The van der Waals surface area contributed by atoms with Crippen molar-refractivity contribution in [1.29, 1.82) is 0 Å². The van der Waals surface area contributed by atoms with Crippen LogP contribution in [-0.4, -0.2) is 15.2 Å². The van der Waals surface area contributed by atoms with Crippen LogP contribution in [0.25, 0.3) is 10.9 Å². The monoisotopic (exact) mass is 304 g/mol. The van der Waals surface area contributed by atoms with Crippen molar-refractivity contribution in [2.75, 3.05) is 5.32 Å². The van der Waals surface area contributed by atoms with Gasteiger partial charge in [0.1, 0.15) is 0 Å². The zero-order valence-electron chi connectivity index (χ0n) is 10.6. The van der Waals surface area contributed by atoms with Crippen LogP contribution in [0.3, 0.4) is 0 Å². The summed E-state index contributed by atoms with van der Waals surface area (Å²) in [5.41, 5.74) is 3.26. The highest BCUT2D eigenvalue weighted by Gasteiger charge is 2.08. The molecule has 4 nitrogen and oxygen atoms in total. The third kappa shape index (κ3) is 2.53. The number of aryl methyl sites for hydroxylation is 1. The van der Waals surface area contributed by atoms with Crippen molar-refractivity contribution in [2.45, 2.75) is 6.92 Å². The van der Waals surface area contributed by atoms with Crippen molar-refractivity contribution >= 4 is 45.5 Å². The minimum atomic E-state index is 0.263. The number of halogens is 2. The van der Waals surface area contributed by atoms with Gasteiger partial charge in [-0.3, -0.25) is 4.98 Å². The van der Waals surface area contributed by atoms with Crippen LogP contribution in [0.2, 0.25) is 10.3 Å². The largest absolute Gasteiger partial charge is 0.351 e. The van der Waals surface area contributed by atoms with Gasteiger partial charge >= 0.3 is 0 Å². The molecule has 3 aromatic rings. The number of benzene rings is 1. The Labute approximate surface area is 125 Å². The molecule has 0 amide bonds. The van der Waals surface area contributed by atoms with Gasteiger partial charge in [-0.05, 0) is 19.1 Å². The number of rotatable bonds is 2.